The van der Waals surface area contributed by atoms with Crippen LogP contribution < -0.4 is 4.74 Å². The molecule has 0 unspecified atom stereocenters. The first-order valence-corrected chi connectivity index (χ1v) is 10.4. The first-order chi connectivity index (χ1) is 12.7. The Morgan fingerprint density at radius 3 is 2.63 bits per heavy atom. The molecule has 0 saturated carbocycles. The average molecular weight is 392 g/mol. The summed E-state index contributed by atoms with van der Waals surface area (Å²) in [6, 6.07) is 7.94. The highest BCUT2D eigenvalue weighted by Crippen LogP contribution is 2.31. The van der Waals surface area contributed by atoms with Crippen molar-refractivity contribution in [3.63, 3.8) is 0 Å². The normalized spacial score (nSPS) is 15.4. The molecule has 0 spiro atoms. The third-order valence-corrected chi connectivity index (χ3v) is 5.89. The molecule has 1 aliphatic heterocycles. The molecule has 1 aliphatic rings. The number of hydrogen-bond donors (Lipinski definition) is 1. The average Bonchev–Trinajstić information content (AvgIpc) is 3.07. The molecule has 146 valence electrons. The van der Waals surface area contributed by atoms with Crippen molar-refractivity contribution in [3.8, 4) is 5.75 Å². The van der Waals surface area contributed by atoms with E-state index in [0.717, 1.165) is 17.6 Å². The number of benzene rings is 1. The molecular formula is C18H24N4O4S. The molecule has 1 fully saturated rings. The maximum atomic E-state index is 12.2. The topological polar surface area (TPSA) is 105 Å². The molecule has 1 aromatic carbocycles. The minimum absolute atomic E-state index is 0.0206. The van der Waals surface area contributed by atoms with E-state index in [-0.39, 0.29) is 16.5 Å². The first kappa shape index (κ1) is 19.3. The van der Waals surface area contributed by atoms with Crippen LogP contribution in [0.3, 0.4) is 0 Å². The van der Waals surface area contributed by atoms with Gasteiger partial charge in [0.05, 0.1) is 6.61 Å². The van der Waals surface area contributed by atoms with E-state index in [9.17, 15) is 13.2 Å². The smallest absolute Gasteiger partial charge is 0.243 e. The molecule has 0 atom stereocenters. The predicted molar refractivity (Wildman–Crippen MR) is 99.1 cm³/mol. The monoisotopic (exact) mass is 392 g/mol. The van der Waals surface area contributed by atoms with E-state index in [4.69, 9.17) is 4.74 Å². The lowest BCUT2D eigenvalue weighted by Gasteiger charge is -2.39. The molecule has 9 heteroatoms. The highest BCUT2D eigenvalue weighted by molar-refractivity contribution is 7.91. The molecule has 1 amide bonds. The van der Waals surface area contributed by atoms with Crippen molar-refractivity contribution >= 4 is 15.7 Å². The molecule has 0 bridgehead atoms. The number of rotatable bonds is 6. The molecule has 1 N–H and O–H groups in total. The van der Waals surface area contributed by atoms with E-state index >= 15 is 0 Å². The molecule has 1 aromatic heterocycles. The molecule has 0 aliphatic carbocycles. The highest BCUT2D eigenvalue weighted by Gasteiger charge is 2.34. The number of likely N-dealkylation sites (tertiary alicyclic amines) is 1. The van der Waals surface area contributed by atoms with Crippen molar-refractivity contribution < 1.29 is 17.9 Å². The molecule has 1 saturated heterocycles. The van der Waals surface area contributed by atoms with Crippen molar-refractivity contribution in [2.75, 3.05) is 25.4 Å². The Labute approximate surface area is 158 Å². The maximum Gasteiger partial charge on any atom is 0.243 e. The molecule has 8 nitrogen and oxygen atoms in total. The fraction of sp³-hybridized carbons (Fsp3) is 0.500. The third-order valence-electron chi connectivity index (χ3n) is 4.48. The van der Waals surface area contributed by atoms with Crippen LogP contribution in [0.15, 0.2) is 35.7 Å². The number of amides is 1. The Kier molecular flexibility index (Phi) is 5.23. The Morgan fingerprint density at radius 2 is 2.00 bits per heavy atom. The van der Waals surface area contributed by atoms with E-state index in [0.29, 0.717) is 19.7 Å². The number of H-pyrrole nitrogens is 1. The van der Waals surface area contributed by atoms with Crippen LogP contribution in [0.2, 0.25) is 0 Å². The van der Waals surface area contributed by atoms with Crippen LogP contribution in [0.25, 0.3) is 0 Å². The number of para-hydroxylation sites is 1. The van der Waals surface area contributed by atoms with E-state index in [1.807, 2.05) is 18.2 Å². The van der Waals surface area contributed by atoms with Crippen molar-refractivity contribution in [2.24, 2.45) is 5.92 Å². The lowest BCUT2D eigenvalue weighted by atomic mass is 9.86. The summed E-state index contributed by atoms with van der Waals surface area (Å²) >= 11 is 0. The lowest BCUT2D eigenvalue weighted by Crippen LogP contribution is -2.53. The number of carbonyl (C=O) groups is 1. The second-order valence-electron chi connectivity index (χ2n) is 7.77. The second kappa shape index (κ2) is 7.30. The fourth-order valence-electron chi connectivity index (χ4n) is 2.96. The summed E-state index contributed by atoms with van der Waals surface area (Å²) in [5.41, 5.74) is 1.11. The van der Waals surface area contributed by atoms with Crippen LogP contribution in [-0.4, -0.2) is 59.9 Å². The zero-order chi connectivity index (χ0) is 19.7. The molecular weight excluding hydrogens is 368 g/mol. The van der Waals surface area contributed by atoms with Gasteiger partial charge in [-0.2, -0.15) is 5.10 Å². The summed E-state index contributed by atoms with van der Waals surface area (Å²) in [7, 11) is -3.78. The van der Waals surface area contributed by atoms with Crippen LogP contribution in [0, 0.1) is 5.92 Å². The predicted octanol–water partition coefficient (Wildman–Crippen LogP) is 1.41. The van der Waals surface area contributed by atoms with Gasteiger partial charge in [0, 0.05) is 19.0 Å². The quantitative estimate of drug-likeness (QED) is 0.797. The largest absolute Gasteiger partial charge is 0.493 e. The van der Waals surface area contributed by atoms with E-state index < -0.39 is 21.5 Å². The maximum absolute atomic E-state index is 12.2. The summed E-state index contributed by atoms with van der Waals surface area (Å²) in [4.78, 5) is 17.3. The zero-order valence-corrected chi connectivity index (χ0v) is 16.5. The van der Waals surface area contributed by atoms with Crippen molar-refractivity contribution in [1.29, 1.82) is 0 Å². The SMILES string of the molecule is CC(C)(C)c1ccccc1OCC1CN(C(=O)CS(=O)(=O)c2ncn[nH]2)C1. The minimum atomic E-state index is -3.78. The Morgan fingerprint density at radius 1 is 1.30 bits per heavy atom. The van der Waals surface area contributed by atoms with Crippen LogP contribution >= 0.6 is 0 Å². The summed E-state index contributed by atoms with van der Waals surface area (Å²) in [6.45, 7) is 7.87. The Bertz CT molecular complexity index is 898. The lowest BCUT2D eigenvalue weighted by molar-refractivity contribution is -0.135. The Hall–Kier alpha value is -2.42. The summed E-state index contributed by atoms with van der Waals surface area (Å²) in [6.07, 6.45) is 1.10. The van der Waals surface area contributed by atoms with Gasteiger partial charge in [0.1, 0.15) is 17.8 Å². The summed E-state index contributed by atoms with van der Waals surface area (Å²) in [5.74, 6) is -0.00168. The number of hydrogen-bond acceptors (Lipinski definition) is 6. The molecule has 27 heavy (non-hydrogen) atoms. The van der Waals surface area contributed by atoms with E-state index in [1.54, 1.807) is 0 Å². The van der Waals surface area contributed by atoms with Gasteiger partial charge >= 0.3 is 0 Å². The standard InChI is InChI=1S/C18H24N4O4S/c1-18(2,3)14-6-4-5-7-15(14)26-10-13-8-22(9-13)16(23)11-27(24,25)17-19-12-20-21-17/h4-7,12-13H,8-11H2,1-3H3,(H,19,20,21). The molecule has 2 heterocycles. The van der Waals surface area contributed by atoms with Gasteiger partial charge in [-0.1, -0.05) is 39.0 Å². The van der Waals surface area contributed by atoms with Gasteiger partial charge < -0.3 is 9.64 Å². The number of ether oxygens (including phenoxy) is 1. The van der Waals surface area contributed by atoms with E-state index in [1.165, 1.54) is 4.90 Å². The number of nitrogens with zero attached hydrogens (tertiary/aromatic N) is 3. The van der Waals surface area contributed by atoms with Gasteiger partial charge in [-0.15, -0.1) is 0 Å². The van der Waals surface area contributed by atoms with Gasteiger partial charge in [0.25, 0.3) is 0 Å². The highest BCUT2D eigenvalue weighted by atomic mass is 32.2. The summed E-state index contributed by atoms with van der Waals surface area (Å²) < 4.78 is 30.1. The van der Waals surface area contributed by atoms with Gasteiger partial charge in [-0.05, 0) is 17.0 Å². The third kappa shape index (κ3) is 4.47. The first-order valence-electron chi connectivity index (χ1n) is 8.75. The zero-order valence-electron chi connectivity index (χ0n) is 15.7. The van der Waals surface area contributed by atoms with Gasteiger partial charge in [0.15, 0.2) is 0 Å². The fourth-order valence-corrected chi connectivity index (χ4v) is 4.01. The van der Waals surface area contributed by atoms with Crippen LogP contribution in [0.5, 0.6) is 5.75 Å². The van der Waals surface area contributed by atoms with Crippen molar-refractivity contribution in [3.05, 3.63) is 36.2 Å². The molecule has 0 radical (unpaired) electrons. The van der Waals surface area contributed by atoms with Gasteiger partial charge in [-0.3, -0.25) is 9.89 Å². The Balaban J connectivity index is 1.50. The molecule has 2 aromatic rings. The van der Waals surface area contributed by atoms with E-state index in [2.05, 4.69) is 42.0 Å². The van der Waals surface area contributed by atoms with Gasteiger partial charge in [0.2, 0.25) is 20.9 Å². The number of aromatic amines is 1. The summed E-state index contributed by atoms with van der Waals surface area (Å²) in [5, 5.41) is 5.51. The van der Waals surface area contributed by atoms with Crippen LogP contribution in [0.1, 0.15) is 26.3 Å². The number of nitrogens with one attached hydrogen (secondary N) is 1. The minimum Gasteiger partial charge on any atom is -0.493 e. The number of sulfone groups is 1. The van der Waals surface area contributed by atoms with Crippen molar-refractivity contribution in [2.45, 2.75) is 31.3 Å². The van der Waals surface area contributed by atoms with Gasteiger partial charge in [-0.25, -0.2) is 13.4 Å². The van der Waals surface area contributed by atoms with Crippen molar-refractivity contribution in [1.82, 2.24) is 20.1 Å². The van der Waals surface area contributed by atoms with Crippen LogP contribution in [-0.2, 0) is 20.0 Å². The second-order valence-corrected chi connectivity index (χ2v) is 9.68. The number of carbonyl (C=O) groups excluding carboxylic acids is 1. The molecule has 3 rings (SSSR count). The number of aromatic nitrogens is 3. The van der Waals surface area contributed by atoms with Crippen LogP contribution in [0.4, 0.5) is 0 Å².